The molecule has 0 saturated carbocycles. The summed E-state index contributed by atoms with van der Waals surface area (Å²) < 4.78 is 17.0. The lowest BCUT2D eigenvalue weighted by atomic mass is 10.1. The Morgan fingerprint density at radius 3 is 2.19 bits per heavy atom. The van der Waals surface area contributed by atoms with Gasteiger partial charge >= 0.3 is 0 Å². The molecule has 1 atom stereocenters. The number of anilines is 1. The van der Waals surface area contributed by atoms with E-state index < -0.39 is 0 Å². The van der Waals surface area contributed by atoms with Gasteiger partial charge in [-0.1, -0.05) is 13.8 Å². The highest BCUT2D eigenvalue weighted by atomic mass is 32.1. The van der Waals surface area contributed by atoms with Gasteiger partial charge in [0.1, 0.15) is 0 Å². The number of nitrogens with one attached hydrogen (secondary N) is 1. The number of carbonyl (C=O) groups is 1. The number of amides is 1. The Bertz CT molecular complexity index is 733. The quantitative estimate of drug-likeness (QED) is 0.609. The van der Waals surface area contributed by atoms with E-state index in [1.165, 1.54) is 11.3 Å². The molecule has 27 heavy (non-hydrogen) atoms. The van der Waals surface area contributed by atoms with Gasteiger partial charge in [-0.25, -0.2) is 4.98 Å². The molecule has 7 heteroatoms. The van der Waals surface area contributed by atoms with Crippen molar-refractivity contribution in [2.45, 2.75) is 47.0 Å². The highest BCUT2D eigenvalue weighted by Crippen LogP contribution is 2.39. The zero-order valence-corrected chi connectivity index (χ0v) is 17.4. The summed E-state index contributed by atoms with van der Waals surface area (Å²) in [6, 6.07) is 3.35. The standard InChI is InChI=1S/C20H28N2O4S/c1-6-13(5)15-12-27-20(21-15)22-19(23)14-10-16(24-7-2)18(26-9-4)17(11-14)25-8-3/h10-13H,6-9H2,1-5H3,(H,21,22,23). The molecule has 1 heterocycles. The Kier molecular flexibility index (Phi) is 7.91. The Balaban J connectivity index is 2.30. The molecular formula is C20H28N2O4S. The number of rotatable bonds is 10. The van der Waals surface area contributed by atoms with E-state index in [1.807, 2.05) is 26.2 Å². The van der Waals surface area contributed by atoms with Gasteiger partial charge in [-0.15, -0.1) is 11.3 Å². The second kappa shape index (κ2) is 10.2. The van der Waals surface area contributed by atoms with Crippen molar-refractivity contribution in [2.24, 2.45) is 0 Å². The molecule has 1 unspecified atom stereocenters. The lowest BCUT2D eigenvalue weighted by molar-refractivity contribution is 0.102. The minimum atomic E-state index is -0.259. The number of benzene rings is 1. The molecule has 0 saturated heterocycles. The fraction of sp³-hybridized carbons (Fsp3) is 0.500. The average molecular weight is 393 g/mol. The lowest BCUT2D eigenvalue weighted by Crippen LogP contribution is -2.13. The fourth-order valence-corrected chi connectivity index (χ4v) is 3.30. The number of hydrogen-bond donors (Lipinski definition) is 1. The molecule has 1 aromatic heterocycles. The lowest BCUT2D eigenvalue weighted by Gasteiger charge is -2.16. The van der Waals surface area contributed by atoms with Crippen molar-refractivity contribution in [2.75, 3.05) is 25.1 Å². The summed E-state index contributed by atoms with van der Waals surface area (Å²) >= 11 is 1.43. The van der Waals surface area contributed by atoms with Crippen LogP contribution in [-0.2, 0) is 0 Å². The Morgan fingerprint density at radius 1 is 1.07 bits per heavy atom. The van der Waals surface area contributed by atoms with Gasteiger partial charge in [0.15, 0.2) is 16.6 Å². The largest absolute Gasteiger partial charge is 0.490 e. The van der Waals surface area contributed by atoms with E-state index in [9.17, 15) is 4.79 Å². The van der Waals surface area contributed by atoms with Gasteiger partial charge in [-0.3, -0.25) is 10.1 Å². The van der Waals surface area contributed by atoms with Crippen molar-refractivity contribution in [1.82, 2.24) is 4.98 Å². The average Bonchev–Trinajstić information content (AvgIpc) is 3.12. The maximum atomic E-state index is 12.7. The third-order valence-electron chi connectivity index (χ3n) is 4.03. The molecular weight excluding hydrogens is 364 g/mol. The topological polar surface area (TPSA) is 69.7 Å². The van der Waals surface area contributed by atoms with E-state index in [-0.39, 0.29) is 5.91 Å². The van der Waals surface area contributed by atoms with Crippen LogP contribution in [0.2, 0.25) is 0 Å². The third-order valence-corrected chi connectivity index (χ3v) is 4.81. The van der Waals surface area contributed by atoms with Gasteiger partial charge in [-0.2, -0.15) is 0 Å². The van der Waals surface area contributed by atoms with Gasteiger partial charge in [0.05, 0.1) is 25.5 Å². The second-order valence-corrected chi connectivity index (χ2v) is 6.80. The number of hydrogen-bond acceptors (Lipinski definition) is 6. The van der Waals surface area contributed by atoms with Crippen molar-refractivity contribution in [3.63, 3.8) is 0 Å². The molecule has 2 aromatic rings. The molecule has 6 nitrogen and oxygen atoms in total. The predicted molar refractivity (Wildman–Crippen MR) is 109 cm³/mol. The van der Waals surface area contributed by atoms with Gasteiger partial charge < -0.3 is 14.2 Å². The summed E-state index contributed by atoms with van der Waals surface area (Å²) in [7, 11) is 0. The second-order valence-electron chi connectivity index (χ2n) is 5.94. The van der Waals surface area contributed by atoms with Gasteiger partial charge in [0, 0.05) is 10.9 Å². The SMILES string of the molecule is CCOc1cc(C(=O)Nc2nc(C(C)CC)cs2)cc(OCC)c1OCC. The number of aromatic nitrogens is 1. The van der Waals surface area contributed by atoms with Gasteiger partial charge in [-0.05, 0) is 45.2 Å². The molecule has 148 valence electrons. The van der Waals surface area contributed by atoms with Crippen molar-refractivity contribution < 1.29 is 19.0 Å². The molecule has 1 amide bonds. The highest BCUT2D eigenvalue weighted by molar-refractivity contribution is 7.14. The molecule has 0 fully saturated rings. The summed E-state index contributed by atoms with van der Waals surface area (Å²) in [5.41, 5.74) is 1.43. The predicted octanol–water partition coefficient (Wildman–Crippen LogP) is 5.11. The zero-order chi connectivity index (χ0) is 19.8. The van der Waals surface area contributed by atoms with Gasteiger partial charge in [0.2, 0.25) is 5.75 Å². The monoisotopic (exact) mass is 392 g/mol. The van der Waals surface area contributed by atoms with E-state index in [2.05, 4.69) is 24.1 Å². The third kappa shape index (κ3) is 5.35. The first-order chi connectivity index (χ1) is 13.0. The first-order valence-electron chi connectivity index (χ1n) is 9.37. The number of carbonyl (C=O) groups excluding carboxylic acids is 1. The molecule has 1 aromatic carbocycles. The van der Waals surface area contributed by atoms with Gasteiger partial charge in [0.25, 0.3) is 5.91 Å². The van der Waals surface area contributed by atoms with Crippen LogP contribution in [0.4, 0.5) is 5.13 Å². The molecule has 0 aliphatic rings. The van der Waals surface area contributed by atoms with Crippen LogP contribution in [0, 0.1) is 0 Å². The Morgan fingerprint density at radius 2 is 1.67 bits per heavy atom. The molecule has 2 rings (SSSR count). The molecule has 0 aliphatic heterocycles. The Labute approximate surface area is 164 Å². The fourth-order valence-electron chi connectivity index (χ4n) is 2.47. The smallest absolute Gasteiger partial charge is 0.257 e. The number of nitrogens with zero attached hydrogens (tertiary/aromatic N) is 1. The first kappa shape index (κ1) is 21.0. The van der Waals surface area contributed by atoms with E-state index in [1.54, 1.807) is 12.1 Å². The van der Waals surface area contributed by atoms with Crippen molar-refractivity contribution in [3.8, 4) is 17.2 Å². The van der Waals surface area contributed by atoms with Crippen LogP contribution in [-0.4, -0.2) is 30.7 Å². The maximum Gasteiger partial charge on any atom is 0.257 e. The molecule has 1 N–H and O–H groups in total. The Hall–Kier alpha value is -2.28. The van der Waals surface area contributed by atoms with Crippen molar-refractivity contribution in [1.29, 1.82) is 0 Å². The number of ether oxygens (including phenoxy) is 3. The molecule has 0 spiro atoms. The molecule has 0 radical (unpaired) electrons. The van der Waals surface area contributed by atoms with Crippen LogP contribution in [0.3, 0.4) is 0 Å². The maximum absolute atomic E-state index is 12.7. The van der Waals surface area contributed by atoms with Crippen LogP contribution in [0.5, 0.6) is 17.2 Å². The van der Waals surface area contributed by atoms with Crippen LogP contribution in [0.25, 0.3) is 0 Å². The number of thiazole rings is 1. The van der Waals surface area contributed by atoms with E-state index in [0.29, 0.717) is 53.7 Å². The summed E-state index contributed by atoms with van der Waals surface area (Å²) in [5.74, 6) is 1.62. The summed E-state index contributed by atoms with van der Waals surface area (Å²) in [6.07, 6.45) is 1.01. The van der Waals surface area contributed by atoms with Crippen LogP contribution < -0.4 is 19.5 Å². The molecule has 0 bridgehead atoms. The zero-order valence-electron chi connectivity index (χ0n) is 16.6. The first-order valence-corrected chi connectivity index (χ1v) is 10.2. The minimum Gasteiger partial charge on any atom is -0.490 e. The van der Waals surface area contributed by atoms with Crippen LogP contribution in [0.1, 0.15) is 63.0 Å². The van der Waals surface area contributed by atoms with E-state index in [0.717, 1.165) is 12.1 Å². The van der Waals surface area contributed by atoms with Crippen LogP contribution in [0.15, 0.2) is 17.5 Å². The van der Waals surface area contributed by atoms with Crippen molar-refractivity contribution in [3.05, 3.63) is 28.8 Å². The van der Waals surface area contributed by atoms with Crippen LogP contribution >= 0.6 is 11.3 Å². The normalized spacial score (nSPS) is 11.7. The summed E-state index contributed by atoms with van der Waals surface area (Å²) in [5, 5.41) is 5.43. The molecule has 0 aliphatic carbocycles. The summed E-state index contributed by atoms with van der Waals surface area (Å²) in [4.78, 5) is 17.3. The summed E-state index contributed by atoms with van der Waals surface area (Å²) in [6.45, 7) is 11.3. The van der Waals surface area contributed by atoms with E-state index in [4.69, 9.17) is 14.2 Å². The minimum absolute atomic E-state index is 0.259. The van der Waals surface area contributed by atoms with Crippen molar-refractivity contribution >= 4 is 22.4 Å². The van der Waals surface area contributed by atoms with E-state index >= 15 is 0 Å². The highest BCUT2D eigenvalue weighted by Gasteiger charge is 2.19.